The largest absolute Gasteiger partial charge is 0.324 e. The summed E-state index contributed by atoms with van der Waals surface area (Å²) in [5.41, 5.74) is 2.74. The third kappa shape index (κ3) is 5.79. The normalized spacial score (nSPS) is 15.3. The standard InChI is InChI=1S/C20H15Br3N2O2S2/c1-11-2-4-12(5-3-11)8-16-19(27)25(20(28)29-16)7-6-17(26)24-18-14(22)9-13(21)10-15(18)23/h2-5,8-10H,6-7H2,1H3,(H,24,26)/b16-8+. The van der Waals surface area contributed by atoms with Crippen molar-refractivity contribution in [2.24, 2.45) is 0 Å². The molecule has 29 heavy (non-hydrogen) atoms. The van der Waals surface area contributed by atoms with E-state index in [4.69, 9.17) is 12.2 Å². The van der Waals surface area contributed by atoms with E-state index in [2.05, 4.69) is 53.1 Å². The van der Waals surface area contributed by atoms with E-state index in [1.165, 1.54) is 16.7 Å². The zero-order valence-corrected chi connectivity index (χ0v) is 21.6. The van der Waals surface area contributed by atoms with Crippen molar-refractivity contribution >= 4 is 99.7 Å². The number of thioether (sulfide) groups is 1. The Bertz CT molecular complexity index is 1000. The van der Waals surface area contributed by atoms with E-state index in [1.54, 1.807) is 0 Å². The minimum Gasteiger partial charge on any atom is -0.324 e. The van der Waals surface area contributed by atoms with E-state index >= 15 is 0 Å². The molecule has 1 fully saturated rings. The summed E-state index contributed by atoms with van der Waals surface area (Å²) in [4.78, 5) is 27.2. The highest BCUT2D eigenvalue weighted by molar-refractivity contribution is 9.11. The second kappa shape index (κ2) is 9.87. The molecule has 0 bridgehead atoms. The molecule has 3 rings (SSSR count). The van der Waals surface area contributed by atoms with E-state index in [1.807, 2.05) is 49.4 Å². The molecule has 0 spiro atoms. The van der Waals surface area contributed by atoms with Gasteiger partial charge in [-0.3, -0.25) is 14.5 Å². The van der Waals surface area contributed by atoms with E-state index in [0.717, 1.165) is 24.5 Å². The smallest absolute Gasteiger partial charge is 0.266 e. The van der Waals surface area contributed by atoms with Crippen molar-refractivity contribution in [3.63, 3.8) is 0 Å². The predicted molar refractivity (Wildman–Crippen MR) is 134 cm³/mol. The lowest BCUT2D eigenvalue weighted by molar-refractivity contribution is -0.122. The van der Waals surface area contributed by atoms with Gasteiger partial charge in [0.25, 0.3) is 5.91 Å². The molecule has 0 aromatic heterocycles. The summed E-state index contributed by atoms with van der Waals surface area (Å²) in [6, 6.07) is 11.6. The molecule has 1 saturated heterocycles. The fourth-order valence-corrected chi connectivity index (χ4v) is 6.35. The van der Waals surface area contributed by atoms with E-state index in [9.17, 15) is 9.59 Å². The third-order valence-corrected chi connectivity index (χ3v) is 7.17. The van der Waals surface area contributed by atoms with E-state index in [-0.39, 0.29) is 24.8 Å². The molecule has 2 amide bonds. The highest BCUT2D eigenvalue weighted by Crippen LogP contribution is 2.35. The second-order valence-electron chi connectivity index (χ2n) is 6.29. The number of aryl methyl sites for hydroxylation is 1. The van der Waals surface area contributed by atoms with Gasteiger partial charge >= 0.3 is 0 Å². The average Bonchev–Trinajstić information content (AvgIpc) is 2.91. The van der Waals surface area contributed by atoms with Crippen LogP contribution in [0, 0.1) is 6.92 Å². The number of amides is 2. The summed E-state index contributed by atoms with van der Waals surface area (Å²) in [6.07, 6.45) is 1.97. The number of hydrogen-bond acceptors (Lipinski definition) is 4. The number of rotatable bonds is 5. The number of thiocarbonyl (C=S) groups is 1. The number of hydrogen-bond donors (Lipinski definition) is 1. The van der Waals surface area contributed by atoms with Crippen LogP contribution in [0.4, 0.5) is 5.69 Å². The lowest BCUT2D eigenvalue weighted by Gasteiger charge is -2.15. The van der Waals surface area contributed by atoms with Gasteiger partial charge < -0.3 is 5.32 Å². The van der Waals surface area contributed by atoms with Crippen LogP contribution in [0.15, 0.2) is 54.7 Å². The molecule has 1 heterocycles. The molecule has 150 valence electrons. The molecular formula is C20H15Br3N2O2S2. The highest BCUT2D eigenvalue weighted by atomic mass is 79.9. The number of nitrogens with zero attached hydrogens (tertiary/aromatic N) is 1. The summed E-state index contributed by atoms with van der Waals surface area (Å²) in [6.45, 7) is 2.24. The van der Waals surface area contributed by atoms with Gasteiger partial charge in [-0.05, 0) is 62.6 Å². The molecular weight excluding hydrogens is 604 g/mol. The van der Waals surface area contributed by atoms with E-state index in [0.29, 0.717) is 14.9 Å². The maximum absolute atomic E-state index is 12.7. The first-order valence-corrected chi connectivity index (χ1v) is 12.1. The molecule has 0 saturated carbocycles. The first-order valence-electron chi connectivity index (χ1n) is 8.51. The average molecular weight is 619 g/mol. The van der Waals surface area contributed by atoms with Crippen LogP contribution in [0.1, 0.15) is 17.5 Å². The van der Waals surface area contributed by atoms with Gasteiger partial charge in [0.05, 0.1) is 10.6 Å². The Morgan fingerprint density at radius 2 is 1.79 bits per heavy atom. The zero-order valence-electron chi connectivity index (χ0n) is 15.2. The Hall–Kier alpha value is -1.00. The van der Waals surface area contributed by atoms with Crippen molar-refractivity contribution in [1.29, 1.82) is 0 Å². The van der Waals surface area contributed by atoms with Crippen molar-refractivity contribution < 1.29 is 9.59 Å². The predicted octanol–water partition coefficient (Wildman–Crippen LogP) is 6.51. The molecule has 9 heteroatoms. The maximum atomic E-state index is 12.7. The van der Waals surface area contributed by atoms with Crippen molar-refractivity contribution in [2.75, 3.05) is 11.9 Å². The number of nitrogens with one attached hydrogen (secondary N) is 1. The van der Waals surface area contributed by atoms with Gasteiger partial charge in [0.1, 0.15) is 4.32 Å². The SMILES string of the molecule is Cc1ccc(/C=C2/SC(=S)N(CCC(=O)Nc3c(Br)cc(Br)cc3Br)C2=O)cc1. The van der Waals surface area contributed by atoms with Crippen molar-refractivity contribution in [2.45, 2.75) is 13.3 Å². The Morgan fingerprint density at radius 3 is 2.41 bits per heavy atom. The van der Waals surface area contributed by atoms with Gasteiger partial charge in [0.15, 0.2) is 0 Å². The molecule has 1 N–H and O–H groups in total. The van der Waals surface area contributed by atoms with E-state index < -0.39 is 0 Å². The fraction of sp³-hybridized carbons (Fsp3) is 0.150. The van der Waals surface area contributed by atoms with Crippen LogP contribution in [0.2, 0.25) is 0 Å². The lowest BCUT2D eigenvalue weighted by Crippen LogP contribution is -2.31. The van der Waals surface area contributed by atoms with Crippen LogP contribution in [-0.2, 0) is 9.59 Å². The Balaban J connectivity index is 1.63. The van der Waals surface area contributed by atoms with Crippen LogP contribution in [0.5, 0.6) is 0 Å². The molecule has 0 atom stereocenters. The Labute approximate surface area is 203 Å². The van der Waals surface area contributed by atoms with Gasteiger partial charge in [-0.15, -0.1) is 0 Å². The summed E-state index contributed by atoms with van der Waals surface area (Å²) in [5, 5.41) is 2.86. The summed E-state index contributed by atoms with van der Waals surface area (Å²) in [5.74, 6) is -0.371. The van der Waals surface area contributed by atoms with Crippen molar-refractivity contribution in [3.05, 3.63) is 65.8 Å². The monoisotopic (exact) mass is 616 g/mol. The quantitative estimate of drug-likeness (QED) is 0.307. The number of carbonyl (C=O) groups excluding carboxylic acids is 2. The van der Waals surface area contributed by atoms with Gasteiger partial charge in [-0.25, -0.2) is 0 Å². The van der Waals surface area contributed by atoms with Gasteiger partial charge in [0, 0.05) is 26.4 Å². The number of carbonyl (C=O) groups is 2. The molecule has 4 nitrogen and oxygen atoms in total. The fourth-order valence-electron chi connectivity index (χ4n) is 2.58. The number of halogens is 3. The lowest BCUT2D eigenvalue weighted by atomic mass is 10.1. The van der Waals surface area contributed by atoms with Crippen LogP contribution in [0.3, 0.4) is 0 Å². The number of benzene rings is 2. The van der Waals surface area contributed by atoms with Crippen LogP contribution >= 0.6 is 71.8 Å². The van der Waals surface area contributed by atoms with Crippen molar-refractivity contribution in [1.82, 2.24) is 4.90 Å². The van der Waals surface area contributed by atoms with Crippen molar-refractivity contribution in [3.8, 4) is 0 Å². The Morgan fingerprint density at radius 1 is 1.17 bits per heavy atom. The van der Waals surface area contributed by atoms with Crippen LogP contribution in [0.25, 0.3) is 6.08 Å². The van der Waals surface area contributed by atoms with Crippen LogP contribution < -0.4 is 5.32 Å². The second-order valence-corrected chi connectivity index (χ2v) is 10.6. The first kappa shape index (κ1) is 22.7. The van der Waals surface area contributed by atoms with Gasteiger partial charge in [-0.1, -0.05) is 69.7 Å². The van der Waals surface area contributed by atoms with Crippen LogP contribution in [-0.4, -0.2) is 27.6 Å². The topological polar surface area (TPSA) is 49.4 Å². The minimum atomic E-state index is -0.203. The maximum Gasteiger partial charge on any atom is 0.266 e. The molecule has 2 aromatic carbocycles. The zero-order chi connectivity index (χ0) is 21.1. The molecule has 1 aliphatic rings. The molecule has 0 radical (unpaired) electrons. The van der Waals surface area contributed by atoms with Gasteiger partial charge in [0.2, 0.25) is 5.91 Å². The van der Waals surface area contributed by atoms with Gasteiger partial charge in [-0.2, -0.15) is 0 Å². The summed E-state index contributed by atoms with van der Waals surface area (Å²) >= 11 is 16.9. The third-order valence-electron chi connectivity index (χ3n) is 4.08. The molecule has 1 aliphatic heterocycles. The summed E-state index contributed by atoms with van der Waals surface area (Å²) < 4.78 is 2.84. The Kier molecular flexibility index (Phi) is 7.72. The highest BCUT2D eigenvalue weighted by Gasteiger charge is 2.32. The first-order chi connectivity index (χ1) is 13.7. The molecule has 2 aromatic rings. The summed E-state index contributed by atoms with van der Waals surface area (Å²) in [7, 11) is 0. The molecule has 0 aliphatic carbocycles. The minimum absolute atomic E-state index is 0.138. The number of anilines is 1. The molecule has 0 unspecified atom stereocenters.